The van der Waals surface area contributed by atoms with Crippen LogP contribution in [-0.2, 0) is 9.59 Å². The Morgan fingerprint density at radius 2 is 1.94 bits per heavy atom. The van der Waals surface area contributed by atoms with Crippen LogP contribution in [0.5, 0.6) is 0 Å². The van der Waals surface area contributed by atoms with Gasteiger partial charge in [-0.3, -0.25) is 9.59 Å². The highest BCUT2D eigenvalue weighted by Crippen LogP contribution is 2.26. The molecular formula is C13H23N3O2. The first-order valence-corrected chi connectivity index (χ1v) is 6.97. The summed E-state index contributed by atoms with van der Waals surface area (Å²) in [5, 5.41) is 5.83. The van der Waals surface area contributed by atoms with E-state index in [4.69, 9.17) is 0 Å². The second kappa shape index (κ2) is 6.18. The Morgan fingerprint density at radius 3 is 2.61 bits per heavy atom. The van der Waals surface area contributed by atoms with Gasteiger partial charge in [-0.25, -0.2) is 0 Å². The highest BCUT2D eigenvalue weighted by atomic mass is 16.2. The van der Waals surface area contributed by atoms with Crippen LogP contribution in [0.15, 0.2) is 0 Å². The van der Waals surface area contributed by atoms with E-state index in [1.54, 1.807) is 11.9 Å². The van der Waals surface area contributed by atoms with Gasteiger partial charge in [0.2, 0.25) is 11.8 Å². The van der Waals surface area contributed by atoms with Crippen LogP contribution < -0.4 is 10.6 Å². The minimum absolute atomic E-state index is 0.0636. The summed E-state index contributed by atoms with van der Waals surface area (Å²) in [4.78, 5) is 26.1. The maximum Gasteiger partial charge on any atom is 0.243 e. The van der Waals surface area contributed by atoms with Crippen molar-refractivity contribution in [1.82, 2.24) is 15.5 Å². The van der Waals surface area contributed by atoms with Gasteiger partial charge in [0.05, 0.1) is 0 Å². The molecule has 2 amide bonds. The number of carbonyl (C=O) groups is 2. The Kier molecular flexibility index (Phi) is 4.58. The molecule has 2 fully saturated rings. The van der Waals surface area contributed by atoms with Crippen LogP contribution in [0.4, 0.5) is 0 Å². The van der Waals surface area contributed by atoms with Gasteiger partial charge in [0.15, 0.2) is 0 Å². The fourth-order valence-electron chi connectivity index (χ4n) is 2.95. The fraction of sp³-hybridized carbons (Fsp3) is 0.846. The summed E-state index contributed by atoms with van der Waals surface area (Å²) in [5.41, 5.74) is 0. The SMILES string of the molecule is CNC(=O)C1CNCCN1C(=O)C1CCCCC1. The lowest BCUT2D eigenvalue weighted by Crippen LogP contribution is -2.60. The topological polar surface area (TPSA) is 61.4 Å². The van der Waals surface area contributed by atoms with Crippen LogP contribution in [0.1, 0.15) is 32.1 Å². The zero-order valence-electron chi connectivity index (χ0n) is 11.1. The molecule has 2 N–H and O–H groups in total. The summed E-state index contributed by atoms with van der Waals surface area (Å²) in [5.74, 6) is 0.264. The highest BCUT2D eigenvalue weighted by Gasteiger charge is 2.35. The molecule has 0 aromatic carbocycles. The van der Waals surface area contributed by atoms with Gasteiger partial charge in [-0.1, -0.05) is 19.3 Å². The van der Waals surface area contributed by atoms with E-state index in [1.807, 2.05) is 0 Å². The van der Waals surface area contributed by atoms with Crippen LogP contribution in [0.2, 0.25) is 0 Å². The molecular weight excluding hydrogens is 230 g/mol. The van der Waals surface area contributed by atoms with Gasteiger partial charge in [-0.05, 0) is 12.8 Å². The Morgan fingerprint density at radius 1 is 1.22 bits per heavy atom. The van der Waals surface area contributed by atoms with Crippen molar-refractivity contribution in [3.8, 4) is 0 Å². The number of piperazine rings is 1. The van der Waals surface area contributed by atoms with Crippen molar-refractivity contribution in [3.63, 3.8) is 0 Å². The van der Waals surface area contributed by atoms with E-state index < -0.39 is 0 Å². The number of amides is 2. The van der Waals surface area contributed by atoms with Gasteiger partial charge in [0.25, 0.3) is 0 Å². The van der Waals surface area contributed by atoms with Crippen LogP contribution in [0.3, 0.4) is 0 Å². The third kappa shape index (κ3) is 2.83. The predicted molar refractivity (Wildman–Crippen MR) is 69.0 cm³/mol. The second-order valence-corrected chi connectivity index (χ2v) is 5.20. The smallest absolute Gasteiger partial charge is 0.243 e. The summed E-state index contributed by atoms with van der Waals surface area (Å²) >= 11 is 0. The molecule has 102 valence electrons. The molecule has 0 radical (unpaired) electrons. The molecule has 0 aromatic heterocycles. The number of nitrogens with one attached hydrogen (secondary N) is 2. The number of carbonyl (C=O) groups excluding carboxylic acids is 2. The Bertz CT molecular complexity index is 313. The van der Waals surface area contributed by atoms with E-state index in [9.17, 15) is 9.59 Å². The average Bonchev–Trinajstić information content (AvgIpc) is 2.46. The molecule has 5 heteroatoms. The van der Waals surface area contributed by atoms with Crippen molar-refractivity contribution in [3.05, 3.63) is 0 Å². The predicted octanol–water partition coefficient (Wildman–Crippen LogP) is 0.113. The molecule has 1 aliphatic heterocycles. The molecule has 1 heterocycles. The summed E-state index contributed by atoms with van der Waals surface area (Å²) in [6.07, 6.45) is 5.51. The van der Waals surface area contributed by atoms with Crippen molar-refractivity contribution < 1.29 is 9.59 Å². The molecule has 1 saturated heterocycles. The van der Waals surface area contributed by atoms with Gasteiger partial charge in [0.1, 0.15) is 6.04 Å². The van der Waals surface area contributed by atoms with Crippen molar-refractivity contribution in [2.24, 2.45) is 5.92 Å². The van der Waals surface area contributed by atoms with Crippen LogP contribution >= 0.6 is 0 Å². The quantitative estimate of drug-likeness (QED) is 0.734. The number of nitrogens with zero attached hydrogens (tertiary/aromatic N) is 1. The van der Waals surface area contributed by atoms with Crippen molar-refractivity contribution >= 4 is 11.8 Å². The minimum atomic E-state index is -0.335. The van der Waals surface area contributed by atoms with E-state index in [-0.39, 0.29) is 23.8 Å². The number of hydrogen-bond acceptors (Lipinski definition) is 3. The molecule has 0 spiro atoms. The van der Waals surface area contributed by atoms with Gasteiger partial charge >= 0.3 is 0 Å². The fourth-order valence-corrected chi connectivity index (χ4v) is 2.95. The molecule has 1 saturated carbocycles. The Labute approximate surface area is 108 Å². The third-order valence-corrected chi connectivity index (χ3v) is 4.03. The van der Waals surface area contributed by atoms with Crippen molar-refractivity contribution in [1.29, 1.82) is 0 Å². The van der Waals surface area contributed by atoms with E-state index in [2.05, 4.69) is 10.6 Å². The van der Waals surface area contributed by atoms with Crippen LogP contribution in [0.25, 0.3) is 0 Å². The molecule has 1 aliphatic carbocycles. The average molecular weight is 253 g/mol. The molecule has 1 atom stereocenters. The van der Waals surface area contributed by atoms with Crippen LogP contribution in [0, 0.1) is 5.92 Å². The number of rotatable bonds is 2. The minimum Gasteiger partial charge on any atom is -0.357 e. The normalized spacial score (nSPS) is 25.8. The van der Waals surface area contributed by atoms with Crippen molar-refractivity contribution in [2.45, 2.75) is 38.1 Å². The third-order valence-electron chi connectivity index (χ3n) is 4.03. The van der Waals surface area contributed by atoms with Gasteiger partial charge in [-0.2, -0.15) is 0 Å². The lowest BCUT2D eigenvalue weighted by atomic mass is 9.87. The van der Waals surface area contributed by atoms with Gasteiger partial charge in [-0.15, -0.1) is 0 Å². The Balaban J connectivity index is 2.03. The highest BCUT2D eigenvalue weighted by molar-refractivity contribution is 5.88. The van der Waals surface area contributed by atoms with Crippen LogP contribution in [-0.4, -0.2) is 49.4 Å². The largest absolute Gasteiger partial charge is 0.357 e. The first-order chi connectivity index (χ1) is 8.74. The molecule has 0 aromatic rings. The molecule has 2 rings (SSSR count). The number of hydrogen-bond donors (Lipinski definition) is 2. The molecule has 2 aliphatic rings. The van der Waals surface area contributed by atoms with Gasteiger partial charge < -0.3 is 15.5 Å². The zero-order valence-corrected chi connectivity index (χ0v) is 11.1. The molecule has 5 nitrogen and oxygen atoms in total. The summed E-state index contributed by atoms with van der Waals surface area (Å²) < 4.78 is 0. The van der Waals surface area contributed by atoms with Gasteiger partial charge in [0, 0.05) is 32.6 Å². The lowest BCUT2D eigenvalue weighted by Gasteiger charge is -2.37. The maximum absolute atomic E-state index is 12.5. The maximum atomic E-state index is 12.5. The molecule has 0 bridgehead atoms. The monoisotopic (exact) mass is 253 g/mol. The number of likely N-dealkylation sites (N-methyl/N-ethyl adjacent to an activating group) is 1. The summed E-state index contributed by atoms with van der Waals surface area (Å²) in [7, 11) is 1.63. The van der Waals surface area contributed by atoms with E-state index in [1.165, 1.54) is 6.42 Å². The van der Waals surface area contributed by atoms with E-state index in [0.29, 0.717) is 13.1 Å². The standard InChI is InChI=1S/C13H23N3O2/c1-14-12(17)11-9-15-7-8-16(11)13(18)10-5-3-2-4-6-10/h10-11,15H,2-9H2,1H3,(H,14,17). The second-order valence-electron chi connectivity index (χ2n) is 5.20. The first-order valence-electron chi connectivity index (χ1n) is 6.97. The van der Waals surface area contributed by atoms with E-state index >= 15 is 0 Å². The molecule has 1 unspecified atom stereocenters. The molecule has 18 heavy (non-hydrogen) atoms. The summed E-state index contributed by atoms with van der Waals surface area (Å²) in [6, 6.07) is -0.335. The van der Waals surface area contributed by atoms with E-state index in [0.717, 1.165) is 32.2 Å². The Hall–Kier alpha value is -1.10. The first kappa shape index (κ1) is 13.3. The zero-order chi connectivity index (χ0) is 13.0. The lowest BCUT2D eigenvalue weighted by molar-refractivity contribution is -0.145. The summed E-state index contributed by atoms with van der Waals surface area (Å²) in [6.45, 7) is 2.00. The van der Waals surface area contributed by atoms with Crippen molar-refractivity contribution in [2.75, 3.05) is 26.7 Å².